The minimum absolute atomic E-state index is 0.0282. The van der Waals surface area contributed by atoms with E-state index in [0.717, 1.165) is 16.5 Å². The smallest absolute Gasteiger partial charge is 0.186 e. The molecule has 0 saturated carbocycles. The standard InChI is InChI=1S/C24H21FN2O2/c25-20-11-5-7-13-22(20)29-15-14-26-23(17-8-2-1-3-9-17)24(28)19-16-27-21-12-6-4-10-18(19)21/h1-13,16,23,26-27H,14-15H2/t23-/m0/s1. The van der Waals surface area contributed by atoms with Gasteiger partial charge in [-0.05, 0) is 23.8 Å². The lowest BCUT2D eigenvalue weighted by Gasteiger charge is -2.18. The summed E-state index contributed by atoms with van der Waals surface area (Å²) in [6.45, 7) is 0.632. The highest BCUT2D eigenvalue weighted by Gasteiger charge is 2.23. The summed E-state index contributed by atoms with van der Waals surface area (Å²) in [5.41, 5.74) is 2.43. The number of ketones is 1. The normalized spacial score (nSPS) is 12.0. The van der Waals surface area contributed by atoms with Gasteiger partial charge < -0.3 is 15.0 Å². The third kappa shape index (κ3) is 4.20. The Bertz CT molecular complexity index is 1110. The van der Waals surface area contributed by atoms with Crippen molar-refractivity contribution in [3.63, 3.8) is 0 Å². The van der Waals surface area contributed by atoms with Gasteiger partial charge in [0.2, 0.25) is 0 Å². The van der Waals surface area contributed by atoms with Crippen molar-refractivity contribution < 1.29 is 13.9 Å². The Labute approximate surface area is 168 Å². The number of H-pyrrole nitrogens is 1. The van der Waals surface area contributed by atoms with Gasteiger partial charge in [-0.1, -0.05) is 60.7 Å². The number of aromatic nitrogens is 1. The predicted molar refractivity (Wildman–Crippen MR) is 112 cm³/mol. The number of para-hydroxylation sites is 2. The lowest BCUT2D eigenvalue weighted by Crippen LogP contribution is -2.32. The number of halogens is 1. The maximum atomic E-state index is 13.7. The van der Waals surface area contributed by atoms with Crippen LogP contribution in [0.4, 0.5) is 4.39 Å². The first-order chi connectivity index (χ1) is 14.2. The number of hydrogen-bond donors (Lipinski definition) is 2. The second-order valence-electron chi connectivity index (χ2n) is 6.69. The molecule has 4 aromatic rings. The first-order valence-electron chi connectivity index (χ1n) is 9.50. The largest absolute Gasteiger partial charge is 0.489 e. The Morgan fingerprint density at radius 1 is 0.966 bits per heavy atom. The highest BCUT2D eigenvalue weighted by molar-refractivity contribution is 6.10. The Morgan fingerprint density at radius 3 is 2.52 bits per heavy atom. The molecule has 29 heavy (non-hydrogen) atoms. The van der Waals surface area contributed by atoms with Gasteiger partial charge in [0.05, 0.1) is 6.04 Å². The van der Waals surface area contributed by atoms with Gasteiger partial charge in [0.1, 0.15) is 6.61 Å². The van der Waals surface area contributed by atoms with Crippen molar-refractivity contribution in [2.75, 3.05) is 13.2 Å². The molecule has 2 N–H and O–H groups in total. The first-order valence-corrected chi connectivity index (χ1v) is 9.50. The Balaban J connectivity index is 1.51. The lowest BCUT2D eigenvalue weighted by atomic mass is 9.97. The summed E-state index contributed by atoms with van der Waals surface area (Å²) in [5.74, 6) is -0.227. The summed E-state index contributed by atoms with van der Waals surface area (Å²) in [6, 6.07) is 23.0. The van der Waals surface area contributed by atoms with Gasteiger partial charge in [0, 0.05) is 29.2 Å². The number of nitrogens with one attached hydrogen (secondary N) is 2. The monoisotopic (exact) mass is 388 g/mol. The first kappa shape index (κ1) is 18.9. The van der Waals surface area contributed by atoms with Crippen LogP contribution in [0.15, 0.2) is 85.1 Å². The summed E-state index contributed by atoms with van der Waals surface area (Å²) >= 11 is 0. The molecular formula is C24H21FN2O2. The fourth-order valence-corrected chi connectivity index (χ4v) is 3.36. The summed E-state index contributed by atoms with van der Waals surface area (Å²) in [4.78, 5) is 16.5. The maximum Gasteiger partial charge on any atom is 0.186 e. The van der Waals surface area contributed by atoms with E-state index in [1.54, 1.807) is 24.4 Å². The van der Waals surface area contributed by atoms with E-state index >= 15 is 0 Å². The van der Waals surface area contributed by atoms with Crippen molar-refractivity contribution in [2.24, 2.45) is 0 Å². The molecule has 0 unspecified atom stereocenters. The Hall–Kier alpha value is -3.44. The Kier molecular flexibility index (Phi) is 5.68. The van der Waals surface area contributed by atoms with E-state index in [1.165, 1.54) is 6.07 Å². The van der Waals surface area contributed by atoms with E-state index < -0.39 is 11.9 Å². The van der Waals surface area contributed by atoms with Crippen LogP contribution >= 0.6 is 0 Å². The molecule has 3 aromatic carbocycles. The highest BCUT2D eigenvalue weighted by atomic mass is 19.1. The van der Waals surface area contributed by atoms with Crippen LogP contribution in [0.2, 0.25) is 0 Å². The van der Waals surface area contributed by atoms with Crippen molar-refractivity contribution in [3.8, 4) is 5.75 Å². The molecule has 0 saturated heterocycles. The molecule has 0 fully saturated rings. The number of ether oxygens (including phenoxy) is 1. The third-order valence-corrected chi connectivity index (χ3v) is 4.79. The van der Waals surface area contributed by atoms with Gasteiger partial charge in [-0.15, -0.1) is 0 Å². The summed E-state index contributed by atoms with van der Waals surface area (Å²) in [7, 11) is 0. The minimum Gasteiger partial charge on any atom is -0.489 e. The highest BCUT2D eigenvalue weighted by Crippen LogP contribution is 2.24. The van der Waals surface area contributed by atoms with Crippen molar-refractivity contribution in [3.05, 3.63) is 102 Å². The molecule has 0 aliphatic carbocycles. The van der Waals surface area contributed by atoms with Crippen LogP contribution < -0.4 is 10.1 Å². The molecule has 4 nitrogen and oxygen atoms in total. The predicted octanol–water partition coefficient (Wildman–Crippen LogP) is 4.90. The van der Waals surface area contributed by atoms with E-state index in [4.69, 9.17) is 4.74 Å². The number of hydrogen-bond acceptors (Lipinski definition) is 3. The van der Waals surface area contributed by atoms with E-state index in [-0.39, 0.29) is 18.1 Å². The number of fused-ring (bicyclic) bond motifs is 1. The molecule has 0 radical (unpaired) electrons. The number of carbonyl (C=O) groups is 1. The van der Waals surface area contributed by atoms with Gasteiger partial charge in [-0.3, -0.25) is 4.79 Å². The van der Waals surface area contributed by atoms with E-state index in [2.05, 4.69) is 10.3 Å². The van der Waals surface area contributed by atoms with Gasteiger partial charge in [0.15, 0.2) is 17.3 Å². The average molecular weight is 388 g/mol. The SMILES string of the molecule is O=C(c1c[nH]c2ccccc12)[C@@H](NCCOc1ccccc1F)c1ccccc1. The molecule has 0 amide bonds. The summed E-state index contributed by atoms with van der Waals surface area (Å²) in [6.07, 6.45) is 1.75. The molecule has 1 atom stereocenters. The molecular weight excluding hydrogens is 367 g/mol. The second-order valence-corrected chi connectivity index (χ2v) is 6.69. The van der Waals surface area contributed by atoms with Crippen molar-refractivity contribution in [1.29, 1.82) is 0 Å². The van der Waals surface area contributed by atoms with Gasteiger partial charge >= 0.3 is 0 Å². The third-order valence-electron chi connectivity index (χ3n) is 4.79. The molecule has 5 heteroatoms. The number of aromatic amines is 1. The van der Waals surface area contributed by atoms with Crippen LogP contribution in [-0.4, -0.2) is 23.9 Å². The van der Waals surface area contributed by atoms with Crippen molar-refractivity contribution >= 4 is 16.7 Å². The zero-order valence-corrected chi connectivity index (χ0v) is 15.8. The molecule has 0 bridgehead atoms. The molecule has 0 spiro atoms. The fourth-order valence-electron chi connectivity index (χ4n) is 3.36. The molecule has 0 aliphatic rings. The van der Waals surface area contributed by atoms with Crippen LogP contribution in [0.5, 0.6) is 5.75 Å². The van der Waals surface area contributed by atoms with Gasteiger partial charge in [-0.2, -0.15) is 0 Å². The Morgan fingerprint density at radius 2 is 1.69 bits per heavy atom. The second kappa shape index (κ2) is 8.71. The van der Waals surface area contributed by atoms with Crippen molar-refractivity contribution in [1.82, 2.24) is 10.3 Å². The lowest BCUT2D eigenvalue weighted by molar-refractivity contribution is 0.0942. The number of rotatable bonds is 8. The van der Waals surface area contributed by atoms with Crippen LogP contribution in [0, 0.1) is 5.82 Å². The van der Waals surface area contributed by atoms with Gasteiger partial charge in [0.25, 0.3) is 0 Å². The number of Topliss-reactive ketones (excluding diaryl/α,β-unsaturated/α-hetero) is 1. The van der Waals surface area contributed by atoms with Gasteiger partial charge in [-0.25, -0.2) is 4.39 Å². The topological polar surface area (TPSA) is 54.1 Å². The zero-order chi connectivity index (χ0) is 20.1. The van der Waals surface area contributed by atoms with E-state index in [1.807, 2.05) is 54.6 Å². The maximum absolute atomic E-state index is 13.7. The quantitative estimate of drug-likeness (QED) is 0.333. The zero-order valence-electron chi connectivity index (χ0n) is 15.8. The number of carbonyl (C=O) groups excluding carboxylic acids is 1. The van der Waals surface area contributed by atoms with Crippen LogP contribution in [0.25, 0.3) is 10.9 Å². The minimum atomic E-state index is -0.528. The summed E-state index contributed by atoms with van der Waals surface area (Å²) < 4.78 is 19.2. The van der Waals surface area contributed by atoms with Crippen molar-refractivity contribution in [2.45, 2.75) is 6.04 Å². The van der Waals surface area contributed by atoms with Crippen LogP contribution in [-0.2, 0) is 0 Å². The van der Waals surface area contributed by atoms with Crippen LogP contribution in [0.3, 0.4) is 0 Å². The molecule has 4 rings (SSSR count). The molecule has 146 valence electrons. The molecule has 1 aromatic heterocycles. The fraction of sp³-hybridized carbons (Fsp3) is 0.125. The summed E-state index contributed by atoms with van der Waals surface area (Å²) in [5, 5.41) is 4.16. The van der Waals surface area contributed by atoms with E-state index in [0.29, 0.717) is 12.1 Å². The average Bonchev–Trinajstić information content (AvgIpc) is 3.19. The molecule has 0 aliphatic heterocycles. The number of benzene rings is 3. The molecule has 1 heterocycles. The van der Waals surface area contributed by atoms with E-state index in [9.17, 15) is 9.18 Å². The van der Waals surface area contributed by atoms with Crippen LogP contribution in [0.1, 0.15) is 22.0 Å².